The molecule has 3 aromatic heterocycles. The molecule has 0 atom stereocenters. The van der Waals surface area contributed by atoms with Crippen LogP contribution in [0.25, 0.3) is 88.9 Å². The van der Waals surface area contributed by atoms with Crippen molar-refractivity contribution in [2.75, 3.05) is 0 Å². The van der Waals surface area contributed by atoms with Crippen LogP contribution in [0.5, 0.6) is 0 Å². The molecule has 0 bridgehead atoms. The molecule has 4 heteroatoms. The van der Waals surface area contributed by atoms with E-state index in [2.05, 4.69) is 181 Å². The molecule has 0 amide bonds. The van der Waals surface area contributed by atoms with Gasteiger partial charge in [-0.2, -0.15) is 0 Å². The topological polar surface area (TPSA) is 35.6 Å². The number of hydrogen-bond donors (Lipinski definition) is 0. The van der Waals surface area contributed by atoms with Gasteiger partial charge in [0.2, 0.25) is 5.95 Å². The molecule has 0 N–H and O–H groups in total. The molecular weight excluding hydrogens is 645 g/mol. The lowest BCUT2D eigenvalue weighted by Gasteiger charge is -2.22. The van der Waals surface area contributed by atoms with Crippen molar-refractivity contribution < 1.29 is 0 Å². The number of benzene rings is 7. The average molecular weight is 679 g/mol. The van der Waals surface area contributed by atoms with E-state index in [9.17, 15) is 0 Å². The minimum atomic E-state index is -0.207. The number of para-hydroxylation sites is 3. The zero-order valence-electron chi connectivity index (χ0n) is 29.5. The van der Waals surface area contributed by atoms with E-state index < -0.39 is 0 Å². The Hall–Kier alpha value is -6.78. The van der Waals surface area contributed by atoms with Crippen molar-refractivity contribution in [2.45, 2.75) is 19.3 Å². The minimum Gasteiger partial charge on any atom is -0.309 e. The monoisotopic (exact) mass is 678 g/mol. The molecule has 0 fully saturated rings. The van der Waals surface area contributed by atoms with E-state index in [4.69, 9.17) is 9.97 Å². The van der Waals surface area contributed by atoms with Crippen LogP contribution in [-0.4, -0.2) is 19.1 Å². The molecule has 3 heterocycles. The average Bonchev–Trinajstić information content (AvgIpc) is 3.80. The highest BCUT2D eigenvalue weighted by Crippen LogP contribution is 2.52. The van der Waals surface area contributed by atoms with E-state index in [0.29, 0.717) is 5.95 Å². The molecule has 0 radical (unpaired) electrons. The van der Waals surface area contributed by atoms with Crippen molar-refractivity contribution in [1.29, 1.82) is 0 Å². The summed E-state index contributed by atoms with van der Waals surface area (Å²) in [6.45, 7) is 4.74. The summed E-state index contributed by atoms with van der Waals surface area (Å²) in [5.74, 6) is 0.663. The lowest BCUT2D eigenvalue weighted by Crippen LogP contribution is -2.15. The third-order valence-electron chi connectivity index (χ3n) is 11.3. The molecular formula is C49H34N4. The maximum atomic E-state index is 5.28. The summed E-state index contributed by atoms with van der Waals surface area (Å²) in [6, 6.07) is 60.9. The zero-order valence-corrected chi connectivity index (χ0v) is 29.5. The first kappa shape index (κ1) is 29.9. The van der Waals surface area contributed by atoms with Gasteiger partial charge in [-0.25, -0.2) is 9.97 Å². The molecule has 7 aromatic carbocycles. The Kier molecular flexibility index (Phi) is 6.27. The van der Waals surface area contributed by atoms with E-state index in [-0.39, 0.29) is 5.41 Å². The fourth-order valence-electron chi connectivity index (χ4n) is 8.79. The summed E-state index contributed by atoms with van der Waals surface area (Å²) in [6.07, 6.45) is 0. The Bertz CT molecular complexity index is 2960. The van der Waals surface area contributed by atoms with Gasteiger partial charge in [0.1, 0.15) is 0 Å². The number of fused-ring (bicyclic) bond motifs is 9. The SMILES string of the molecule is CC1(C)c2cc(-n3c4ccccc4c4ccccc43)ccc2-c2cc3c(cc21)c1ccccc1n3-c1nc(-c2ccccc2)cc(-c2ccccc2)n1. The molecule has 250 valence electrons. The predicted octanol–water partition coefficient (Wildman–Crippen LogP) is 12.3. The maximum absolute atomic E-state index is 5.28. The van der Waals surface area contributed by atoms with Crippen molar-refractivity contribution in [3.63, 3.8) is 0 Å². The van der Waals surface area contributed by atoms with Crippen LogP contribution in [0.15, 0.2) is 170 Å². The number of hydrogen-bond acceptors (Lipinski definition) is 2. The van der Waals surface area contributed by atoms with E-state index in [1.54, 1.807) is 0 Å². The second kappa shape index (κ2) is 11.1. The van der Waals surface area contributed by atoms with Gasteiger partial charge in [0.15, 0.2) is 0 Å². The molecule has 0 unspecified atom stereocenters. The summed E-state index contributed by atoms with van der Waals surface area (Å²) in [4.78, 5) is 10.6. The molecule has 4 nitrogen and oxygen atoms in total. The zero-order chi connectivity index (χ0) is 35.3. The molecule has 10 aromatic rings. The smallest absolute Gasteiger partial charge is 0.235 e. The molecule has 0 aliphatic heterocycles. The van der Waals surface area contributed by atoms with Crippen LogP contribution < -0.4 is 0 Å². The fraction of sp³-hybridized carbons (Fsp3) is 0.0612. The van der Waals surface area contributed by atoms with Gasteiger partial charge in [0, 0.05) is 43.8 Å². The van der Waals surface area contributed by atoms with E-state index in [1.807, 2.05) is 12.1 Å². The van der Waals surface area contributed by atoms with Gasteiger partial charge in [-0.1, -0.05) is 135 Å². The summed E-state index contributed by atoms with van der Waals surface area (Å²) in [7, 11) is 0. The third kappa shape index (κ3) is 4.36. The first-order chi connectivity index (χ1) is 26.0. The lowest BCUT2D eigenvalue weighted by molar-refractivity contribution is 0.660. The van der Waals surface area contributed by atoms with Gasteiger partial charge in [0.05, 0.1) is 33.5 Å². The van der Waals surface area contributed by atoms with Crippen LogP contribution in [0.2, 0.25) is 0 Å². The summed E-state index contributed by atoms with van der Waals surface area (Å²) < 4.78 is 4.69. The Morgan fingerprint density at radius 2 is 0.887 bits per heavy atom. The Morgan fingerprint density at radius 3 is 1.47 bits per heavy atom. The molecule has 0 spiro atoms. The van der Waals surface area contributed by atoms with Crippen LogP contribution >= 0.6 is 0 Å². The van der Waals surface area contributed by atoms with Crippen molar-refractivity contribution in [2.24, 2.45) is 0 Å². The summed E-state index contributed by atoms with van der Waals surface area (Å²) >= 11 is 0. The van der Waals surface area contributed by atoms with Crippen LogP contribution in [0.3, 0.4) is 0 Å². The minimum absolute atomic E-state index is 0.207. The van der Waals surface area contributed by atoms with E-state index in [0.717, 1.165) is 33.5 Å². The highest BCUT2D eigenvalue weighted by molar-refractivity contribution is 6.12. The van der Waals surface area contributed by atoms with Crippen LogP contribution in [0.1, 0.15) is 25.0 Å². The van der Waals surface area contributed by atoms with Crippen molar-refractivity contribution in [3.05, 3.63) is 181 Å². The first-order valence-corrected chi connectivity index (χ1v) is 18.3. The van der Waals surface area contributed by atoms with Crippen molar-refractivity contribution in [3.8, 4) is 45.3 Å². The number of aromatic nitrogens is 4. The molecule has 1 aliphatic carbocycles. The highest BCUT2D eigenvalue weighted by Gasteiger charge is 2.37. The maximum Gasteiger partial charge on any atom is 0.235 e. The highest BCUT2D eigenvalue weighted by atomic mass is 15.2. The van der Waals surface area contributed by atoms with E-state index in [1.165, 1.54) is 60.5 Å². The lowest BCUT2D eigenvalue weighted by atomic mass is 9.82. The van der Waals surface area contributed by atoms with Crippen LogP contribution in [0.4, 0.5) is 0 Å². The fourth-order valence-corrected chi connectivity index (χ4v) is 8.79. The van der Waals surface area contributed by atoms with Crippen molar-refractivity contribution in [1.82, 2.24) is 19.1 Å². The van der Waals surface area contributed by atoms with Crippen molar-refractivity contribution >= 4 is 43.6 Å². The largest absolute Gasteiger partial charge is 0.309 e. The molecule has 0 saturated carbocycles. The van der Waals surface area contributed by atoms with Crippen LogP contribution in [-0.2, 0) is 5.41 Å². The van der Waals surface area contributed by atoms with Gasteiger partial charge in [-0.05, 0) is 70.8 Å². The second-order valence-electron chi connectivity index (χ2n) is 14.7. The quantitative estimate of drug-likeness (QED) is 0.186. The summed E-state index contributed by atoms with van der Waals surface area (Å²) in [5.41, 5.74) is 14.7. The molecule has 53 heavy (non-hydrogen) atoms. The van der Waals surface area contributed by atoms with E-state index >= 15 is 0 Å². The Balaban J connectivity index is 1.15. The first-order valence-electron chi connectivity index (χ1n) is 18.3. The van der Waals surface area contributed by atoms with Gasteiger partial charge in [0.25, 0.3) is 0 Å². The van der Waals surface area contributed by atoms with Gasteiger partial charge in [-0.3, -0.25) is 4.57 Å². The molecule has 1 aliphatic rings. The van der Waals surface area contributed by atoms with Gasteiger partial charge < -0.3 is 4.57 Å². The molecule has 11 rings (SSSR count). The normalized spacial score (nSPS) is 13.2. The van der Waals surface area contributed by atoms with Gasteiger partial charge in [-0.15, -0.1) is 0 Å². The predicted molar refractivity (Wildman–Crippen MR) is 219 cm³/mol. The number of nitrogens with zero attached hydrogens (tertiary/aromatic N) is 4. The van der Waals surface area contributed by atoms with Crippen LogP contribution in [0, 0.1) is 0 Å². The second-order valence-corrected chi connectivity index (χ2v) is 14.7. The van der Waals surface area contributed by atoms with Gasteiger partial charge >= 0.3 is 0 Å². The standard InChI is InChI=1S/C49H34N4/c1-49(2)40-27-33(52-44-22-12-9-19-35(44)36-20-10-13-23-45(36)52)25-26-34(40)38-29-47-39(28-41(38)49)37-21-11-14-24-46(37)53(47)48-50-42(31-15-5-3-6-16-31)30-43(51-48)32-17-7-4-8-18-32/h3-30H,1-2H3. The number of rotatable bonds is 4. The summed E-state index contributed by atoms with van der Waals surface area (Å²) in [5, 5.41) is 4.95. The Morgan fingerprint density at radius 1 is 0.396 bits per heavy atom. The Labute approximate surface area is 307 Å². The third-order valence-corrected chi connectivity index (χ3v) is 11.3. The molecule has 0 saturated heterocycles.